The molecular weight excluding hydrogens is 279 g/mol. The molecule has 0 aromatic heterocycles. The minimum Gasteiger partial charge on any atom is -0.321 e. The van der Waals surface area contributed by atoms with Crippen LogP contribution in [0.1, 0.15) is 50.5 Å². The molecule has 2 aliphatic carbocycles. The lowest BCUT2D eigenvalue weighted by Crippen LogP contribution is -2.45. The average molecular weight is 304 g/mol. The number of benzene rings is 1. The Balaban J connectivity index is 1.68. The minimum atomic E-state index is -0.236. The fraction of sp³-hybridized carbons (Fsp3) is 0.611. The molecule has 0 spiro atoms. The average Bonchev–Trinajstić information content (AvgIpc) is 3.33. The molecule has 3 rings (SSSR count). The van der Waals surface area contributed by atoms with Gasteiger partial charge in [-0.05, 0) is 62.3 Å². The van der Waals surface area contributed by atoms with Gasteiger partial charge in [0.15, 0.2) is 0 Å². The first kappa shape index (κ1) is 15.3. The third kappa shape index (κ3) is 3.79. The van der Waals surface area contributed by atoms with Gasteiger partial charge in [0, 0.05) is 18.3 Å². The summed E-state index contributed by atoms with van der Waals surface area (Å²) in [6, 6.07) is 5.09. The first-order valence-corrected chi connectivity index (χ1v) is 8.47. The molecule has 4 heteroatoms. The standard InChI is InChI=1S/C18H25FN2O/c1-13-11-15(9-10-17(13)19)20-18(22)21(12-14-7-8-14)16-5-3-2-4-6-16/h9-11,14,16H,2-8,12H2,1H3,(H,20,22). The Morgan fingerprint density at radius 1 is 1.23 bits per heavy atom. The van der Waals surface area contributed by atoms with E-state index in [0.29, 0.717) is 23.2 Å². The van der Waals surface area contributed by atoms with E-state index in [4.69, 9.17) is 0 Å². The number of nitrogens with one attached hydrogen (secondary N) is 1. The fourth-order valence-corrected chi connectivity index (χ4v) is 3.29. The van der Waals surface area contributed by atoms with Crippen molar-refractivity contribution >= 4 is 11.7 Å². The van der Waals surface area contributed by atoms with E-state index in [9.17, 15) is 9.18 Å². The zero-order valence-electron chi connectivity index (χ0n) is 13.3. The molecule has 2 aliphatic rings. The molecular formula is C18H25FN2O. The number of halogens is 1. The molecule has 0 unspecified atom stereocenters. The number of nitrogens with zero attached hydrogens (tertiary/aromatic N) is 1. The van der Waals surface area contributed by atoms with E-state index < -0.39 is 0 Å². The first-order valence-electron chi connectivity index (χ1n) is 8.47. The molecule has 0 heterocycles. The largest absolute Gasteiger partial charge is 0.322 e. The molecule has 0 radical (unpaired) electrons. The van der Waals surface area contributed by atoms with Crippen molar-refractivity contribution in [2.75, 3.05) is 11.9 Å². The highest BCUT2D eigenvalue weighted by atomic mass is 19.1. The normalized spacial score (nSPS) is 19.0. The zero-order chi connectivity index (χ0) is 15.5. The number of anilines is 1. The van der Waals surface area contributed by atoms with Gasteiger partial charge in [0.25, 0.3) is 0 Å². The van der Waals surface area contributed by atoms with Gasteiger partial charge in [-0.2, -0.15) is 0 Å². The molecule has 1 N–H and O–H groups in total. The molecule has 1 aromatic carbocycles. The number of rotatable bonds is 4. The van der Waals surface area contributed by atoms with Crippen LogP contribution in [0.15, 0.2) is 18.2 Å². The summed E-state index contributed by atoms with van der Waals surface area (Å²) in [5.74, 6) is 0.447. The second kappa shape index (κ2) is 6.67. The summed E-state index contributed by atoms with van der Waals surface area (Å²) in [6.07, 6.45) is 8.43. The van der Waals surface area contributed by atoms with E-state index in [-0.39, 0.29) is 11.8 Å². The van der Waals surface area contributed by atoms with E-state index in [0.717, 1.165) is 19.4 Å². The maximum absolute atomic E-state index is 13.3. The van der Waals surface area contributed by atoms with Gasteiger partial charge in [0.05, 0.1) is 0 Å². The van der Waals surface area contributed by atoms with Crippen LogP contribution in [0.3, 0.4) is 0 Å². The van der Waals surface area contributed by atoms with Gasteiger partial charge in [-0.15, -0.1) is 0 Å². The molecule has 0 atom stereocenters. The number of aryl methyl sites for hydroxylation is 1. The Morgan fingerprint density at radius 3 is 2.59 bits per heavy atom. The number of hydrogen-bond acceptors (Lipinski definition) is 1. The topological polar surface area (TPSA) is 32.3 Å². The van der Waals surface area contributed by atoms with Crippen LogP contribution in [0, 0.1) is 18.7 Å². The Kier molecular flexibility index (Phi) is 4.65. The number of amides is 2. The molecule has 2 saturated carbocycles. The lowest BCUT2D eigenvalue weighted by Gasteiger charge is -2.34. The highest BCUT2D eigenvalue weighted by molar-refractivity contribution is 5.89. The molecule has 2 fully saturated rings. The van der Waals surface area contributed by atoms with Gasteiger partial charge < -0.3 is 10.2 Å². The van der Waals surface area contributed by atoms with Gasteiger partial charge in [-0.25, -0.2) is 9.18 Å². The Bertz CT molecular complexity index is 536. The van der Waals surface area contributed by atoms with Crippen molar-refractivity contribution in [2.24, 2.45) is 5.92 Å². The second-order valence-electron chi connectivity index (χ2n) is 6.78. The highest BCUT2D eigenvalue weighted by Crippen LogP contribution is 2.33. The van der Waals surface area contributed by atoms with Gasteiger partial charge in [0.2, 0.25) is 0 Å². The van der Waals surface area contributed by atoms with Crippen LogP contribution >= 0.6 is 0 Å². The third-order valence-electron chi connectivity index (χ3n) is 4.84. The summed E-state index contributed by atoms with van der Waals surface area (Å²) in [5.41, 5.74) is 1.24. The van der Waals surface area contributed by atoms with Crippen LogP contribution in [0.5, 0.6) is 0 Å². The quantitative estimate of drug-likeness (QED) is 0.858. The van der Waals surface area contributed by atoms with Crippen LogP contribution < -0.4 is 5.32 Å². The van der Waals surface area contributed by atoms with Crippen LogP contribution in [0.4, 0.5) is 14.9 Å². The van der Waals surface area contributed by atoms with Crippen molar-refractivity contribution in [3.8, 4) is 0 Å². The summed E-state index contributed by atoms with van der Waals surface area (Å²) in [7, 11) is 0. The van der Waals surface area contributed by atoms with Gasteiger partial charge in [-0.1, -0.05) is 19.3 Å². The van der Waals surface area contributed by atoms with Gasteiger partial charge in [0.1, 0.15) is 5.82 Å². The minimum absolute atomic E-state index is 0.0233. The summed E-state index contributed by atoms with van der Waals surface area (Å²) >= 11 is 0. The second-order valence-corrected chi connectivity index (χ2v) is 6.78. The molecule has 2 amide bonds. The van der Waals surface area contributed by atoms with E-state index in [1.807, 2.05) is 4.90 Å². The number of hydrogen-bond donors (Lipinski definition) is 1. The molecule has 3 nitrogen and oxygen atoms in total. The SMILES string of the molecule is Cc1cc(NC(=O)N(CC2CC2)C2CCCCC2)ccc1F. The van der Waals surface area contributed by atoms with Crippen molar-refractivity contribution in [3.05, 3.63) is 29.6 Å². The van der Waals surface area contributed by atoms with Crippen molar-refractivity contribution in [1.82, 2.24) is 4.90 Å². The van der Waals surface area contributed by atoms with Crippen LogP contribution in [0.25, 0.3) is 0 Å². The first-order chi connectivity index (χ1) is 10.6. The summed E-state index contributed by atoms with van der Waals surface area (Å²) in [5, 5.41) is 2.96. The van der Waals surface area contributed by atoms with Crippen LogP contribution in [-0.4, -0.2) is 23.5 Å². The van der Waals surface area contributed by atoms with E-state index in [1.165, 1.54) is 38.2 Å². The Morgan fingerprint density at radius 2 is 1.95 bits per heavy atom. The van der Waals surface area contributed by atoms with Crippen molar-refractivity contribution in [2.45, 2.75) is 57.9 Å². The molecule has 120 valence electrons. The third-order valence-corrected chi connectivity index (χ3v) is 4.84. The smallest absolute Gasteiger partial charge is 0.321 e. The van der Waals surface area contributed by atoms with E-state index in [1.54, 1.807) is 19.1 Å². The monoisotopic (exact) mass is 304 g/mol. The molecule has 0 saturated heterocycles. The summed E-state index contributed by atoms with van der Waals surface area (Å²) in [4.78, 5) is 14.7. The van der Waals surface area contributed by atoms with Crippen LogP contribution in [-0.2, 0) is 0 Å². The molecule has 22 heavy (non-hydrogen) atoms. The Hall–Kier alpha value is -1.58. The summed E-state index contributed by atoms with van der Waals surface area (Å²) < 4.78 is 13.3. The number of carbonyl (C=O) groups is 1. The predicted molar refractivity (Wildman–Crippen MR) is 86.5 cm³/mol. The zero-order valence-corrected chi connectivity index (χ0v) is 13.3. The van der Waals surface area contributed by atoms with E-state index >= 15 is 0 Å². The Labute approximate surface area is 131 Å². The highest BCUT2D eigenvalue weighted by Gasteiger charge is 2.31. The van der Waals surface area contributed by atoms with Crippen molar-refractivity contribution in [1.29, 1.82) is 0 Å². The maximum atomic E-state index is 13.3. The number of carbonyl (C=O) groups excluding carboxylic acids is 1. The van der Waals surface area contributed by atoms with E-state index in [2.05, 4.69) is 5.32 Å². The lowest BCUT2D eigenvalue weighted by molar-refractivity contribution is 0.163. The maximum Gasteiger partial charge on any atom is 0.322 e. The fourth-order valence-electron chi connectivity index (χ4n) is 3.29. The van der Waals surface area contributed by atoms with Crippen molar-refractivity contribution in [3.63, 3.8) is 0 Å². The molecule has 0 aliphatic heterocycles. The summed E-state index contributed by atoms with van der Waals surface area (Å²) in [6.45, 7) is 2.59. The predicted octanol–water partition coefficient (Wildman–Crippen LogP) is 4.71. The lowest BCUT2D eigenvalue weighted by atomic mass is 9.94. The van der Waals surface area contributed by atoms with Gasteiger partial charge >= 0.3 is 6.03 Å². The number of urea groups is 1. The van der Waals surface area contributed by atoms with Gasteiger partial charge in [-0.3, -0.25) is 0 Å². The molecule has 1 aromatic rings. The molecule has 0 bridgehead atoms. The van der Waals surface area contributed by atoms with Crippen molar-refractivity contribution < 1.29 is 9.18 Å². The van der Waals surface area contributed by atoms with Crippen LogP contribution in [0.2, 0.25) is 0 Å².